The van der Waals surface area contributed by atoms with E-state index in [-0.39, 0.29) is 0 Å². The van der Waals surface area contributed by atoms with Gasteiger partial charge in [-0.3, -0.25) is 0 Å². The fraction of sp³-hybridized carbons (Fsp3) is 0.556. The first-order valence-electron chi connectivity index (χ1n) is 6.99. The van der Waals surface area contributed by atoms with E-state index in [0.29, 0.717) is 17.3 Å². The highest BCUT2D eigenvalue weighted by atomic mass is 14.3. The third-order valence-electron chi connectivity index (χ3n) is 3.70. The molecule has 0 saturated heterocycles. The first kappa shape index (κ1) is 17.0. The summed E-state index contributed by atoms with van der Waals surface area (Å²) in [5.41, 5.74) is 1.75. The molecule has 0 amide bonds. The molecule has 0 aliphatic rings. The fourth-order valence-corrected chi connectivity index (χ4v) is 2.10. The second kappa shape index (κ2) is 8.13. The van der Waals surface area contributed by atoms with Crippen LogP contribution >= 0.6 is 0 Å². The summed E-state index contributed by atoms with van der Waals surface area (Å²) < 4.78 is 0. The number of rotatable bonds is 8. The van der Waals surface area contributed by atoms with Crippen molar-refractivity contribution in [3.8, 4) is 0 Å². The molecule has 0 fully saturated rings. The summed E-state index contributed by atoms with van der Waals surface area (Å²) >= 11 is 0. The van der Waals surface area contributed by atoms with Gasteiger partial charge >= 0.3 is 0 Å². The van der Waals surface area contributed by atoms with Gasteiger partial charge in [-0.25, -0.2) is 0 Å². The normalized spacial score (nSPS) is 15.1. The summed E-state index contributed by atoms with van der Waals surface area (Å²) in [6.07, 6.45) is 12.5. The zero-order valence-electron chi connectivity index (χ0n) is 12.9. The van der Waals surface area contributed by atoms with Crippen molar-refractivity contribution in [1.29, 1.82) is 0 Å². The van der Waals surface area contributed by atoms with Gasteiger partial charge in [-0.15, -0.1) is 0 Å². The van der Waals surface area contributed by atoms with Crippen molar-refractivity contribution < 1.29 is 0 Å². The molecule has 0 aromatic heterocycles. The molecule has 1 atom stereocenters. The van der Waals surface area contributed by atoms with E-state index in [0.717, 1.165) is 0 Å². The second-order valence-electron chi connectivity index (χ2n) is 6.07. The molecule has 0 rings (SSSR count). The predicted octanol–water partition coefficient (Wildman–Crippen LogP) is 5.94. The van der Waals surface area contributed by atoms with Gasteiger partial charge in [0.2, 0.25) is 0 Å². The molecule has 0 heterocycles. The Morgan fingerprint density at radius 1 is 1.17 bits per heavy atom. The molecule has 0 bridgehead atoms. The maximum Gasteiger partial charge on any atom is -0.0134 e. The average Bonchev–Trinajstić information content (AvgIpc) is 2.31. The largest absolute Gasteiger partial charge is 0.0991 e. The molecular weight excluding hydrogens is 216 g/mol. The van der Waals surface area contributed by atoms with E-state index >= 15 is 0 Å². The van der Waals surface area contributed by atoms with Crippen LogP contribution in [0.1, 0.15) is 47.5 Å². The Morgan fingerprint density at radius 3 is 2.17 bits per heavy atom. The molecule has 0 radical (unpaired) electrons. The van der Waals surface area contributed by atoms with E-state index < -0.39 is 0 Å². The van der Waals surface area contributed by atoms with Gasteiger partial charge in [0.15, 0.2) is 0 Å². The van der Waals surface area contributed by atoms with Gasteiger partial charge in [0.25, 0.3) is 0 Å². The number of hydrogen-bond donors (Lipinski definition) is 0. The molecule has 0 heteroatoms. The minimum atomic E-state index is 0.386. The van der Waals surface area contributed by atoms with Gasteiger partial charge in [0, 0.05) is 0 Å². The van der Waals surface area contributed by atoms with Crippen LogP contribution in [0.5, 0.6) is 0 Å². The maximum atomic E-state index is 3.83. The van der Waals surface area contributed by atoms with Crippen LogP contribution in [0.15, 0.2) is 49.1 Å². The van der Waals surface area contributed by atoms with Crippen LogP contribution < -0.4 is 0 Å². The van der Waals surface area contributed by atoms with Crippen LogP contribution in [-0.4, -0.2) is 0 Å². The Labute approximate surface area is 114 Å². The second-order valence-corrected chi connectivity index (χ2v) is 6.07. The standard InChI is InChI=1S/C18H30/c1-8-11-13-16(12-9-2)17(15(4)5)14-18(6,7)10-3/h8-9,11-13,15,17H,1-2,10,14H2,3-7H3/b13-11-,16-12+. The van der Waals surface area contributed by atoms with E-state index in [4.69, 9.17) is 0 Å². The highest BCUT2D eigenvalue weighted by molar-refractivity contribution is 5.28. The van der Waals surface area contributed by atoms with E-state index in [1.165, 1.54) is 18.4 Å². The van der Waals surface area contributed by atoms with Crippen molar-refractivity contribution in [1.82, 2.24) is 0 Å². The lowest BCUT2D eigenvalue weighted by Gasteiger charge is -2.32. The zero-order chi connectivity index (χ0) is 14.2. The number of allylic oxidation sites excluding steroid dienone is 6. The van der Waals surface area contributed by atoms with Gasteiger partial charge in [-0.05, 0) is 29.2 Å². The molecule has 0 spiro atoms. The summed E-state index contributed by atoms with van der Waals surface area (Å²) in [4.78, 5) is 0. The minimum absolute atomic E-state index is 0.386. The molecule has 0 aromatic rings. The lowest BCUT2D eigenvalue weighted by Crippen LogP contribution is -2.21. The molecule has 0 saturated carbocycles. The summed E-state index contributed by atoms with van der Waals surface area (Å²) in [6, 6.07) is 0. The van der Waals surface area contributed by atoms with Crippen molar-refractivity contribution in [2.75, 3.05) is 0 Å². The third kappa shape index (κ3) is 6.05. The Hall–Kier alpha value is -1.04. The predicted molar refractivity (Wildman–Crippen MR) is 84.6 cm³/mol. The van der Waals surface area contributed by atoms with Gasteiger partial charge in [0.1, 0.15) is 0 Å². The first-order valence-corrected chi connectivity index (χ1v) is 6.99. The van der Waals surface area contributed by atoms with Crippen molar-refractivity contribution in [2.45, 2.75) is 47.5 Å². The molecule has 0 aliphatic heterocycles. The SMILES string of the molecule is C=C/C=C\C(=C/C=C)C(CC(C)(C)CC)C(C)C. The van der Waals surface area contributed by atoms with E-state index in [1.54, 1.807) is 0 Å². The molecule has 18 heavy (non-hydrogen) atoms. The van der Waals surface area contributed by atoms with Gasteiger partial charge < -0.3 is 0 Å². The Morgan fingerprint density at radius 2 is 1.78 bits per heavy atom. The van der Waals surface area contributed by atoms with Gasteiger partial charge in [-0.2, -0.15) is 0 Å². The lowest BCUT2D eigenvalue weighted by molar-refractivity contribution is 0.243. The summed E-state index contributed by atoms with van der Waals surface area (Å²) in [6.45, 7) is 19.2. The molecule has 0 nitrogen and oxygen atoms in total. The molecule has 0 aliphatic carbocycles. The van der Waals surface area contributed by atoms with Gasteiger partial charge in [0.05, 0.1) is 0 Å². The molecular formula is C18H30. The summed E-state index contributed by atoms with van der Waals surface area (Å²) in [7, 11) is 0. The van der Waals surface area contributed by atoms with Crippen molar-refractivity contribution in [3.05, 3.63) is 49.1 Å². The maximum absolute atomic E-state index is 3.83. The minimum Gasteiger partial charge on any atom is -0.0991 e. The Kier molecular flexibility index (Phi) is 7.66. The lowest BCUT2D eigenvalue weighted by atomic mass is 9.73. The Bertz CT molecular complexity index is 313. The van der Waals surface area contributed by atoms with E-state index in [9.17, 15) is 0 Å². The van der Waals surface area contributed by atoms with E-state index in [1.807, 2.05) is 18.2 Å². The van der Waals surface area contributed by atoms with Crippen molar-refractivity contribution in [2.24, 2.45) is 17.3 Å². The first-order chi connectivity index (χ1) is 8.37. The highest BCUT2D eigenvalue weighted by Gasteiger charge is 2.25. The van der Waals surface area contributed by atoms with E-state index in [2.05, 4.69) is 59.9 Å². The highest BCUT2D eigenvalue weighted by Crippen LogP contribution is 2.36. The summed E-state index contributed by atoms with van der Waals surface area (Å²) in [5.74, 6) is 1.21. The van der Waals surface area contributed by atoms with Crippen LogP contribution in [-0.2, 0) is 0 Å². The molecule has 0 aromatic carbocycles. The van der Waals surface area contributed by atoms with Crippen LogP contribution in [0, 0.1) is 17.3 Å². The van der Waals surface area contributed by atoms with Crippen molar-refractivity contribution >= 4 is 0 Å². The van der Waals surface area contributed by atoms with Crippen LogP contribution in [0.4, 0.5) is 0 Å². The fourth-order valence-electron chi connectivity index (χ4n) is 2.10. The molecule has 1 unspecified atom stereocenters. The van der Waals surface area contributed by atoms with Gasteiger partial charge in [-0.1, -0.05) is 84.6 Å². The van der Waals surface area contributed by atoms with Crippen LogP contribution in [0.25, 0.3) is 0 Å². The zero-order valence-corrected chi connectivity index (χ0v) is 12.9. The quantitative estimate of drug-likeness (QED) is 0.465. The molecule has 102 valence electrons. The topological polar surface area (TPSA) is 0 Å². The number of hydrogen-bond acceptors (Lipinski definition) is 0. The van der Waals surface area contributed by atoms with Crippen molar-refractivity contribution in [3.63, 3.8) is 0 Å². The van der Waals surface area contributed by atoms with Crippen LogP contribution in [0.3, 0.4) is 0 Å². The smallest absolute Gasteiger partial charge is 0.0134 e. The Balaban J connectivity index is 5.17. The molecule has 0 N–H and O–H groups in total. The van der Waals surface area contributed by atoms with Crippen LogP contribution in [0.2, 0.25) is 0 Å². The average molecular weight is 246 g/mol. The summed E-state index contributed by atoms with van der Waals surface area (Å²) in [5, 5.41) is 0. The monoisotopic (exact) mass is 246 g/mol. The third-order valence-corrected chi connectivity index (χ3v) is 3.70.